The van der Waals surface area contributed by atoms with E-state index in [9.17, 15) is 5.11 Å². The first-order valence-corrected chi connectivity index (χ1v) is 11.7. The van der Waals surface area contributed by atoms with E-state index in [1.54, 1.807) is 20.3 Å². The van der Waals surface area contributed by atoms with E-state index in [0.717, 1.165) is 18.4 Å². The number of aryl methyl sites for hydroxylation is 1. The molecule has 0 atom stereocenters. The molecule has 3 nitrogen and oxygen atoms in total. The van der Waals surface area contributed by atoms with Crippen LogP contribution in [-0.4, -0.2) is 19.3 Å². The van der Waals surface area contributed by atoms with E-state index >= 15 is 0 Å². The topological polar surface area (TPSA) is 38.7 Å². The first kappa shape index (κ1) is 24.7. The van der Waals surface area contributed by atoms with Crippen LogP contribution in [0.15, 0.2) is 12.1 Å². The maximum atomic E-state index is 10.0. The molecule has 1 aromatic carbocycles. The summed E-state index contributed by atoms with van der Waals surface area (Å²) in [6.07, 6.45) is 21.6. The summed E-state index contributed by atoms with van der Waals surface area (Å²) in [7, 11) is 3.15. The molecule has 1 rings (SSSR count). The monoisotopic (exact) mass is 392 g/mol. The summed E-state index contributed by atoms with van der Waals surface area (Å²) in [5.41, 5.74) is 1.12. The van der Waals surface area contributed by atoms with Crippen LogP contribution in [0.4, 0.5) is 0 Å². The lowest BCUT2D eigenvalue weighted by Crippen LogP contribution is -1.94. The van der Waals surface area contributed by atoms with E-state index in [2.05, 4.69) is 6.92 Å². The summed E-state index contributed by atoms with van der Waals surface area (Å²) in [5, 5.41) is 10.0. The van der Waals surface area contributed by atoms with Gasteiger partial charge in [0.05, 0.1) is 14.2 Å². The Kier molecular flexibility index (Phi) is 14.6. The number of phenols is 1. The van der Waals surface area contributed by atoms with Gasteiger partial charge in [0, 0.05) is 0 Å². The maximum Gasteiger partial charge on any atom is 0.203 e. The first-order valence-electron chi connectivity index (χ1n) is 11.7. The fraction of sp³-hybridized carbons (Fsp3) is 0.760. The minimum Gasteiger partial charge on any atom is -0.504 e. The van der Waals surface area contributed by atoms with Crippen LogP contribution in [0.3, 0.4) is 0 Å². The van der Waals surface area contributed by atoms with Crippen molar-refractivity contribution in [3.63, 3.8) is 0 Å². The van der Waals surface area contributed by atoms with Crippen LogP contribution in [-0.2, 0) is 6.42 Å². The summed E-state index contributed by atoms with van der Waals surface area (Å²) in [6.45, 7) is 2.28. The molecule has 0 aliphatic rings. The minimum atomic E-state index is 0.165. The van der Waals surface area contributed by atoms with Gasteiger partial charge in [-0.25, -0.2) is 0 Å². The largest absolute Gasteiger partial charge is 0.504 e. The highest BCUT2D eigenvalue weighted by Crippen LogP contribution is 2.37. The van der Waals surface area contributed by atoms with Crippen LogP contribution in [0.25, 0.3) is 0 Å². The Bertz CT molecular complexity index is 499. The van der Waals surface area contributed by atoms with Gasteiger partial charge in [-0.15, -0.1) is 0 Å². The van der Waals surface area contributed by atoms with E-state index in [-0.39, 0.29) is 5.75 Å². The number of unbranched alkanes of at least 4 members (excludes halogenated alkanes) is 14. The molecule has 0 aromatic heterocycles. The molecule has 162 valence electrons. The molecule has 0 aliphatic carbocycles. The van der Waals surface area contributed by atoms with Gasteiger partial charge < -0.3 is 14.6 Å². The molecule has 0 amide bonds. The van der Waals surface area contributed by atoms with Crippen molar-refractivity contribution < 1.29 is 14.6 Å². The Morgan fingerprint density at radius 1 is 0.643 bits per heavy atom. The smallest absolute Gasteiger partial charge is 0.203 e. The van der Waals surface area contributed by atoms with Crippen molar-refractivity contribution in [1.82, 2.24) is 0 Å². The maximum absolute atomic E-state index is 10.0. The molecule has 0 saturated heterocycles. The van der Waals surface area contributed by atoms with Crippen molar-refractivity contribution in [3.05, 3.63) is 17.7 Å². The zero-order chi connectivity index (χ0) is 20.5. The van der Waals surface area contributed by atoms with E-state index in [1.807, 2.05) is 6.07 Å². The van der Waals surface area contributed by atoms with E-state index in [4.69, 9.17) is 9.47 Å². The molecule has 0 radical (unpaired) electrons. The zero-order valence-corrected chi connectivity index (χ0v) is 18.7. The Balaban J connectivity index is 1.96. The lowest BCUT2D eigenvalue weighted by atomic mass is 10.0. The van der Waals surface area contributed by atoms with Crippen LogP contribution >= 0.6 is 0 Å². The summed E-state index contributed by atoms with van der Waals surface area (Å²) >= 11 is 0. The molecule has 0 unspecified atom stereocenters. The SMILES string of the molecule is CCCCCCCCCCCCCCCCCc1cc(O)c(OC)c(OC)c1. The molecule has 3 heteroatoms. The average molecular weight is 393 g/mol. The quantitative estimate of drug-likeness (QED) is 0.259. The summed E-state index contributed by atoms with van der Waals surface area (Å²) in [5.74, 6) is 1.19. The van der Waals surface area contributed by atoms with Gasteiger partial charge in [0.2, 0.25) is 5.75 Å². The number of hydrogen-bond acceptors (Lipinski definition) is 3. The van der Waals surface area contributed by atoms with Crippen LogP contribution < -0.4 is 9.47 Å². The molecule has 0 aliphatic heterocycles. The highest BCUT2D eigenvalue weighted by Gasteiger charge is 2.11. The second-order valence-electron chi connectivity index (χ2n) is 8.05. The summed E-state index contributed by atoms with van der Waals surface area (Å²) in [4.78, 5) is 0. The molecule has 0 heterocycles. The molecular weight excluding hydrogens is 348 g/mol. The second-order valence-corrected chi connectivity index (χ2v) is 8.05. The van der Waals surface area contributed by atoms with Gasteiger partial charge in [0.25, 0.3) is 0 Å². The van der Waals surface area contributed by atoms with Gasteiger partial charge in [-0.2, -0.15) is 0 Å². The van der Waals surface area contributed by atoms with Crippen molar-refractivity contribution in [2.75, 3.05) is 14.2 Å². The van der Waals surface area contributed by atoms with E-state index in [0.29, 0.717) is 11.5 Å². The summed E-state index contributed by atoms with van der Waals surface area (Å²) < 4.78 is 10.5. The van der Waals surface area contributed by atoms with Crippen LogP contribution in [0.1, 0.15) is 109 Å². The fourth-order valence-electron chi connectivity index (χ4n) is 3.84. The second kappa shape index (κ2) is 16.6. The third-order valence-corrected chi connectivity index (χ3v) is 5.59. The highest BCUT2D eigenvalue weighted by molar-refractivity contribution is 5.53. The van der Waals surface area contributed by atoms with Gasteiger partial charge in [0.1, 0.15) is 0 Å². The number of hydrogen-bond donors (Lipinski definition) is 1. The van der Waals surface area contributed by atoms with E-state index < -0.39 is 0 Å². The zero-order valence-electron chi connectivity index (χ0n) is 18.7. The van der Waals surface area contributed by atoms with Crippen LogP contribution in [0.5, 0.6) is 17.2 Å². The standard InChI is InChI=1S/C25H44O3/c1-4-5-6-7-8-9-10-11-12-13-14-15-16-17-18-19-22-20-23(26)25(28-3)24(21-22)27-2/h20-21,26H,4-19H2,1-3H3. The number of ether oxygens (including phenoxy) is 2. The fourth-order valence-corrected chi connectivity index (χ4v) is 3.84. The molecule has 28 heavy (non-hydrogen) atoms. The highest BCUT2D eigenvalue weighted by atomic mass is 16.5. The molecule has 0 spiro atoms. The molecular formula is C25H44O3. The number of phenolic OH excluding ortho intramolecular Hbond substituents is 1. The third-order valence-electron chi connectivity index (χ3n) is 5.59. The van der Waals surface area contributed by atoms with E-state index in [1.165, 1.54) is 89.9 Å². The summed E-state index contributed by atoms with van der Waals surface area (Å²) in [6, 6.07) is 3.77. The van der Waals surface area contributed by atoms with Crippen molar-refractivity contribution >= 4 is 0 Å². The number of benzene rings is 1. The molecule has 1 aromatic rings. The molecule has 0 saturated carbocycles. The third kappa shape index (κ3) is 10.8. The van der Waals surface area contributed by atoms with Crippen molar-refractivity contribution in [2.45, 2.75) is 110 Å². The van der Waals surface area contributed by atoms with Gasteiger partial charge in [0.15, 0.2) is 11.5 Å². The minimum absolute atomic E-state index is 0.165. The number of aromatic hydroxyl groups is 1. The van der Waals surface area contributed by atoms with Crippen LogP contribution in [0.2, 0.25) is 0 Å². The van der Waals surface area contributed by atoms with Crippen LogP contribution in [0, 0.1) is 0 Å². The van der Waals surface area contributed by atoms with Crippen molar-refractivity contribution in [1.29, 1.82) is 0 Å². The Hall–Kier alpha value is -1.38. The average Bonchev–Trinajstić information content (AvgIpc) is 2.70. The van der Waals surface area contributed by atoms with Crippen molar-refractivity contribution in [3.8, 4) is 17.2 Å². The molecule has 1 N–H and O–H groups in total. The normalized spacial score (nSPS) is 11.0. The van der Waals surface area contributed by atoms with Crippen molar-refractivity contribution in [2.24, 2.45) is 0 Å². The van der Waals surface area contributed by atoms with Gasteiger partial charge in [-0.1, -0.05) is 96.8 Å². The predicted octanol–water partition coefficient (Wildman–Crippen LogP) is 7.82. The van der Waals surface area contributed by atoms with Gasteiger partial charge in [-0.05, 0) is 30.5 Å². The lowest BCUT2D eigenvalue weighted by Gasteiger charge is -2.11. The van der Waals surface area contributed by atoms with Gasteiger partial charge in [-0.3, -0.25) is 0 Å². The number of methoxy groups -OCH3 is 2. The lowest BCUT2D eigenvalue weighted by molar-refractivity contribution is 0.332. The Morgan fingerprint density at radius 2 is 1.11 bits per heavy atom. The molecule has 0 bridgehead atoms. The predicted molar refractivity (Wildman–Crippen MR) is 120 cm³/mol. The first-order chi connectivity index (χ1) is 13.7. The Morgan fingerprint density at radius 3 is 1.54 bits per heavy atom. The van der Waals surface area contributed by atoms with Gasteiger partial charge >= 0.3 is 0 Å². The Labute approximate surface area is 173 Å². The number of rotatable bonds is 18. The molecule has 0 fully saturated rings.